The number of hydrogen-bond acceptors (Lipinski definition) is 7. The maximum absolute atomic E-state index is 10.8. The van der Waals surface area contributed by atoms with E-state index in [9.17, 15) is 5.11 Å². The van der Waals surface area contributed by atoms with Crippen LogP contribution >= 0.6 is 24.0 Å². The molecule has 1 aliphatic rings. The van der Waals surface area contributed by atoms with Crippen molar-refractivity contribution >= 4 is 28.3 Å². The van der Waals surface area contributed by atoms with Gasteiger partial charge in [0.2, 0.25) is 5.75 Å². The molecule has 1 aromatic carbocycles. The van der Waals surface area contributed by atoms with Crippen LogP contribution in [0.25, 0.3) is 0 Å². The molecule has 1 N–H and O–H groups in total. The van der Waals surface area contributed by atoms with Crippen molar-refractivity contribution < 1.29 is 24.1 Å². The molecule has 1 heterocycles. The molecule has 0 spiro atoms. The Bertz CT molecular complexity index is 583. The number of ether oxygens (including phenoxy) is 4. The first-order valence-corrected chi connectivity index (χ1v) is 8.33. The van der Waals surface area contributed by atoms with Gasteiger partial charge in [0.1, 0.15) is 4.32 Å². The van der Waals surface area contributed by atoms with E-state index < -0.39 is 5.72 Å². The van der Waals surface area contributed by atoms with Crippen LogP contribution in [0.1, 0.15) is 5.56 Å². The average Bonchev–Trinajstić information content (AvgIpc) is 2.82. The van der Waals surface area contributed by atoms with Crippen molar-refractivity contribution in [2.75, 3.05) is 40.8 Å². The van der Waals surface area contributed by atoms with Gasteiger partial charge >= 0.3 is 0 Å². The standard InChI is InChI=1S/C15H21NO5S2/c1-18-8-15(17)9-23-14(22)16(15)7-10-5-6-11(19-2)13(21-4)12(10)20-3/h5-6,17H,7-9H2,1-4H3. The van der Waals surface area contributed by atoms with Crippen LogP contribution in [0.5, 0.6) is 17.2 Å². The third kappa shape index (κ3) is 3.50. The molecular weight excluding hydrogens is 338 g/mol. The lowest BCUT2D eigenvalue weighted by atomic mass is 10.1. The molecule has 0 saturated carbocycles. The predicted octanol–water partition coefficient (Wildman–Crippen LogP) is 1.88. The second kappa shape index (κ2) is 7.57. The fraction of sp³-hybridized carbons (Fsp3) is 0.533. The van der Waals surface area contributed by atoms with Gasteiger partial charge in [0.25, 0.3) is 0 Å². The molecule has 8 heteroatoms. The van der Waals surface area contributed by atoms with E-state index in [2.05, 4.69) is 0 Å². The maximum Gasteiger partial charge on any atom is 0.203 e. The summed E-state index contributed by atoms with van der Waals surface area (Å²) < 4.78 is 21.9. The molecular formula is C15H21NO5S2. The largest absolute Gasteiger partial charge is 0.493 e. The van der Waals surface area contributed by atoms with Gasteiger partial charge in [-0.1, -0.05) is 24.0 Å². The number of benzene rings is 1. The Labute approximate surface area is 145 Å². The SMILES string of the molecule is COCC1(O)CSC(=S)N1Cc1ccc(OC)c(OC)c1OC. The van der Waals surface area contributed by atoms with Crippen LogP contribution < -0.4 is 14.2 Å². The summed E-state index contributed by atoms with van der Waals surface area (Å²) in [4.78, 5) is 1.75. The van der Waals surface area contributed by atoms with Gasteiger partial charge < -0.3 is 29.0 Å². The summed E-state index contributed by atoms with van der Waals surface area (Å²) in [5.41, 5.74) is -0.293. The molecule has 2 rings (SSSR count). The van der Waals surface area contributed by atoms with E-state index in [0.717, 1.165) is 5.56 Å². The molecule has 128 valence electrons. The van der Waals surface area contributed by atoms with Gasteiger partial charge in [-0.15, -0.1) is 0 Å². The summed E-state index contributed by atoms with van der Waals surface area (Å²) >= 11 is 6.80. The number of aliphatic hydroxyl groups is 1. The first-order chi connectivity index (χ1) is 11.0. The minimum absolute atomic E-state index is 0.176. The first-order valence-electron chi connectivity index (χ1n) is 6.94. The highest BCUT2D eigenvalue weighted by atomic mass is 32.2. The molecule has 1 unspecified atom stereocenters. The van der Waals surface area contributed by atoms with Crippen molar-refractivity contribution in [2.45, 2.75) is 12.3 Å². The quantitative estimate of drug-likeness (QED) is 0.741. The maximum atomic E-state index is 10.8. The van der Waals surface area contributed by atoms with Crippen molar-refractivity contribution in [2.24, 2.45) is 0 Å². The third-order valence-corrected chi connectivity index (χ3v) is 5.29. The minimum atomic E-state index is -1.13. The molecule has 23 heavy (non-hydrogen) atoms. The van der Waals surface area contributed by atoms with Crippen LogP contribution in [-0.4, -0.2) is 60.9 Å². The van der Waals surface area contributed by atoms with Crippen molar-refractivity contribution in [3.05, 3.63) is 17.7 Å². The number of methoxy groups -OCH3 is 4. The summed E-state index contributed by atoms with van der Waals surface area (Å²) in [7, 11) is 6.25. The van der Waals surface area contributed by atoms with Gasteiger partial charge in [-0.05, 0) is 12.1 Å². The molecule has 1 fully saturated rings. The highest BCUT2D eigenvalue weighted by Gasteiger charge is 2.43. The molecule has 0 amide bonds. The molecule has 1 saturated heterocycles. The van der Waals surface area contributed by atoms with Crippen molar-refractivity contribution in [3.63, 3.8) is 0 Å². The Morgan fingerprint density at radius 1 is 1.17 bits per heavy atom. The monoisotopic (exact) mass is 359 g/mol. The fourth-order valence-corrected chi connectivity index (χ4v) is 3.92. The summed E-state index contributed by atoms with van der Waals surface area (Å²) in [6, 6.07) is 3.68. The summed E-state index contributed by atoms with van der Waals surface area (Å²) in [5, 5.41) is 10.8. The Kier molecular flexibility index (Phi) is 5.96. The van der Waals surface area contributed by atoms with Crippen LogP contribution in [0.3, 0.4) is 0 Å². The molecule has 0 radical (unpaired) electrons. The molecule has 1 aromatic rings. The van der Waals surface area contributed by atoms with Crippen LogP contribution in [0.15, 0.2) is 12.1 Å². The van der Waals surface area contributed by atoms with Gasteiger partial charge in [0.05, 0.1) is 40.2 Å². The van der Waals surface area contributed by atoms with Crippen molar-refractivity contribution in [1.29, 1.82) is 0 Å². The average molecular weight is 359 g/mol. The van der Waals surface area contributed by atoms with E-state index >= 15 is 0 Å². The van der Waals surface area contributed by atoms with Crippen LogP contribution in [-0.2, 0) is 11.3 Å². The normalized spacial score (nSPS) is 20.7. The van der Waals surface area contributed by atoms with Gasteiger partial charge in [-0.3, -0.25) is 0 Å². The van der Waals surface area contributed by atoms with Gasteiger partial charge in [0, 0.05) is 12.7 Å². The lowest BCUT2D eigenvalue weighted by molar-refractivity contribution is -0.0941. The van der Waals surface area contributed by atoms with E-state index in [4.69, 9.17) is 31.2 Å². The predicted molar refractivity (Wildman–Crippen MR) is 93.5 cm³/mol. The lowest BCUT2D eigenvalue weighted by Crippen LogP contribution is -2.50. The highest BCUT2D eigenvalue weighted by Crippen LogP contribution is 2.42. The van der Waals surface area contributed by atoms with Gasteiger partial charge in [-0.2, -0.15) is 0 Å². The van der Waals surface area contributed by atoms with Gasteiger partial charge in [-0.25, -0.2) is 0 Å². The van der Waals surface area contributed by atoms with E-state index in [0.29, 0.717) is 33.9 Å². The number of nitrogens with zero attached hydrogens (tertiary/aromatic N) is 1. The molecule has 0 aromatic heterocycles. The Hall–Kier alpha value is -1.22. The Morgan fingerprint density at radius 2 is 1.87 bits per heavy atom. The number of rotatable bonds is 7. The van der Waals surface area contributed by atoms with Crippen molar-refractivity contribution in [3.8, 4) is 17.2 Å². The molecule has 0 bridgehead atoms. The second-order valence-corrected chi connectivity index (χ2v) is 6.66. The summed E-state index contributed by atoms with van der Waals surface area (Å²) in [6.07, 6.45) is 0. The van der Waals surface area contributed by atoms with Crippen molar-refractivity contribution in [1.82, 2.24) is 4.90 Å². The zero-order valence-corrected chi connectivity index (χ0v) is 15.3. The van der Waals surface area contributed by atoms with E-state index in [1.165, 1.54) is 11.8 Å². The zero-order valence-electron chi connectivity index (χ0n) is 13.6. The molecule has 6 nitrogen and oxygen atoms in total. The summed E-state index contributed by atoms with van der Waals surface area (Å²) in [5.74, 6) is 2.13. The van der Waals surface area contributed by atoms with Crippen LogP contribution in [0.4, 0.5) is 0 Å². The van der Waals surface area contributed by atoms with Crippen LogP contribution in [0, 0.1) is 0 Å². The van der Waals surface area contributed by atoms with E-state index in [1.54, 1.807) is 39.4 Å². The molecule has 1 aliphatic heterocycles. The second-order valence-electron chi connectivity index (χ2n) is 5.05. The summed E-state index contributed by atoms with van der Waals surface area (Å²) in [6.45, 7) is 0.560. The Balaban J connectivity index is 2.37. The first kappa shape index (κ1) is 18.1. The van der Waals surface area contributed by atoms with Crippen LogP contribution in [0.2, 0.25) is 0 Å². The highest BCUT2D eigenvalue weighted by molar-refractivity contribution is 8.23. The number of thiocarbonyl (C=S) groups is 1. The van der Waals surface area contributed by atoms with E-state index in [-0.39, 0.29) is 6.61 Å². The molecule has 0 aliphatic carbocycles. The number of thioether (sulfide) groups is 1. The number of hydrogen-bond donors (Lipinski definition) is 1. The third-order valence-electron chi connectivity index (χ3n) is 3.64. The topological polar surface area (TPSA) is 60.4 Å². The van der Waals surface area contributed by atoms with E-state index in [1.807, 2.05) is 6.07 Å². The lowest BCUT2D eigenvalue weighted by Gasteiger charge is -2.33. The smallest absolute Gasteiger partial charge is 0.203 e. The minimum Gasteiger partial charge on any atom is -0.493 e. The zero-order chi connectivity index (χ0) is 17.0. The fourth-order valence-electron chi connectivity index (χ4n) is 2.52. The van der Waals surface area contributed by atoms with Gasteiger partial charge in [0.15, 0.2) is 17.2 Å². The molecule has 1 atom stereocenters. The Morgan fingerprint density at radius 3 is 2.43 bits per heavy atom.